The molecule has 0 spiro atoms. The van der Waals surface area contributed by atoms with E-state index in [4.69, 9.17) is 5.11 Å². The molecule has 1 aromatic rings. The maximum Gasteiger partial charge on any atom is 0.143 e. The van der Waals surface area contributed by atoms with Crippen LogP contribution in [-0.2, 0) is 0 Å². The SMILES string of the molecule is OCCN1CCN(c2ncc(Br)cc2Br)CC1. The number of anilines is 1. The number of aromatic nitrogens is 1. The molecule has 1 fully saturated rings. The molecule has 0 aliphatic carbocycles. The first-order chi connectivity index (χ1) is 8.20. The molecular formula is C11H15Br2N3O. The lowest BCUT2D eigenvalue weighted by Gasteiger charge is -2.35. The number of pyridine rings is 1. The smallest absolute Gasteiger partial charge is 0.143 e. The summed E-state index contributed by atoms with van der Waals surface area (Å²) in [4.78, 5) is 8.97. The molecule has 1 aliphatic heterocycles. The molecule has 0 unspecified atom stereocenters. The molecule has 4 nitrogen and oxygen atoms in total. The molecule has 1 N–H and O–H groups in total. The molecule has 1 aromatic heterocycles. The Hall–Kier alpha value is -0.170. The summed E-state index contributed by atoms with van der Waals surface area (Å²) in [6, 6.07) is 2.02. The van der Waals surface area contributed by atoms with Crippen molar-refractivity contribution in [2.24, 2.45) is 0 Å². The molecule has 0 aromatic carbocycles. The van der Waals surface area contributed by atoms with Crippen LogP contribution in [0.4, 0.5) is 5.82 Å². The van der Waals surface area contributed by atoms with E-state index in [-0.39, 0.29) is 6.61 Å². The van der Waals surface area contributed by atoms with Crippen molar-refractivity contribution in [1.29, 1.82) is 0 Å². The monoisotopic (exact) mass is 363 g/mol. The highest BCUT2D eigenvalue weighted by Gasteiger charge is 2.19. The van der Waals surface area contributed by atoms with Gasteiger partial charge in [0.2, 0.25) is 0 Å². The minimum absolute atomic E-state index is 0.236. The van der Waals surface area contributed by atoms with Gasteiger partial charge in [0.1, 0.15) is 5.82 Å². The summed E-state index contributed by atoms with van der Waals surface area (Å²) in [6.07, 6.45) is 1.82. The fourth-order valence-corrected chi connectivity index (χ4v) is 3.20. The van der Waals surface area contributed by atoms with Crippen LogP contribution in [0.25, 0.3) is 0 Å². The topological polar surface area (TPSA) is 39.6 Å². The number of nitrogens with zero attached hydrogens (tertiary/aromatic N) is 3. The average molecular weight is 365 g/mol. The molecular weight excluding hydrogens is 350 g/mol. The van der Waals surface area contributed by atoms with Gasteiger partial charge in [-0.1, -0.05) is 0 Å². The number of halogens is 2. The second kappa shape index (κ2) is 6.13. The van der Waals surface area contributed by atoms with Gasteiger partial charge in [0, 0.05) is 43.4 Å². The summed E-state index contributed by atoms with van der Waals surface area (Å²) in [6.45, 7) is 4.86. The van der Waals surface area contributed by atoms with Crippen molar-refractivity contribution in [3.63, 3.8) is 0 Å². The van der Waals surface area contributed by atoms with Gasteiger partial charge in [0.15, 0.2) is 0 Å². The first-order valence-electron chi connectivity index (χ1n) is 5.60. The third kappa shape index (κ3) is 3.40. The molecule has 0 saturated carbocycles. The van der Waals surface area contributed by atoms with Crippen molar-refractivity contribution in [3.05, 3.63) is 21.2 Å². The number of aliphatic hydroxyl groups excluding tert-OH is 1. The van der Waals surface area contributed by atoms with E-state index in [0.29, 0.717) is 0 Å². The molecule has 17 heavy (non-hydrogen) atoms. The van der Waals surface area contributed by atoms with E-state index in [9.17, 15) is 0 Å². The molecule has 0 bridgehead atoms. The van der Waals surface area contributed by atoms with E-state index >= 15 is 0 Å². The highest BCUT2D eigenvalue weighted by Crippen LogP contribution is 2.27. The van der Waals surface area contributed by atoms with Crippen LogP contribution < -0.4 is 4.90 Å². The lowest BCUT2D eigenvalue weighted by atomic mass is 10.3. The summed E-state index contributed by atoms with van der Waals surface area (Å²) in [5, 5.41) is 8.90. The minimum Gasteiger partial charge on any atom is -0.395 e. The molecule has 0 amide bonds. The number of hydrogen-bond acceptors (Lipinski definition) is 4. The number of piperazine rings is 1. The Balaban J connectivity index is 2.00. The van der Waals surface area contributed by atoms with Gasteiger partial charge in [0.25, 0.3) is 0 Å². The molecule has 94 valence electrons. The third-order valence-electron chi connectivity index (χ3n) is 2.88. The van der Waals surface area contributed by atoms with Crippen molar-refractivity contribution in [2.75, 3.05) is 44.2 Å². The van der Waals surface area contributed by atoms with Crippen LogP contribution in [0.1, 0.15) is 0 Å². The summed E-state index contributed by atoms with van der Waals surface area (Å²) in [5.74, 6) is 0.997. The van der Waals surface area contributed by atoms with Gasteiger partial charge in [-0.15, -0.1) is 0 Å². The number of aliphatic hydroxyl groups is 1. The fourth-order valence-electron chi connectivity index (χ4n) is 1.96. The zero-order valence-electron chi connectivity index (χ0n) is 9.44. The molecule has 1 saturated heterocycles. The van der Waals surface area contributed by atoms with E-state index in [1.165, 1.54) is 0 Å². The van der Waals surface area contributed by atoms with Gasteiger partial charge >= 0.3 is 0 Å². The van der Waals surface area contributed by atoms with Crippen molar-refractivity contribution >= 4 is 37.7 Å². The highest BCUT2D eigenvalue weighted by molar-refractivity contribution is 9.11. The van der Waals surface area contributed by atoms with Crippen molar-refractivity contribution in [1.82, 2.24) is 9.88 Å². The highest BCUT2D eigenvalue weighted by atomic mass is 79.9. The van der Waals surface area contributed by atoms with E-state index < -0.39 is 0 Å². The summed E-state index contributed by atoms with van der Waals surface area (Å²) in [5.41, 5.74) is 0. The van der Waals surface area contributed by atoms with E-state index in [0.717, 1.165) is 47.5 Å². The Morgan fingerprint density at radius 3 is 2.53 bits per heavy atom. The lowest BCUT2D eigenvalue weighted by molar-refractivity contribution is 0.188. The van der Waals surface area contributed by atoms with Gasteiger partial charge in [0.05, 0.1) is 11.1 Å². The lowest BCUT2D eigenvalue weighted by Crippen LogP contribution is -2.47. The van der Waals surface area contributed by atoms with Crippen LogP contribution in [0.5, 0.6) is 0 Å². The number of rotatable bonds is 3. The normalized spacial score (nSPS) is 17.5. The van der Waals surface area contributed by atoms with Crippen LogP contribution in [0.3, 0.4) is 0 Å². The van der Waals surface area contributed by atoms with Crippen molar-refractivity contribution < 1.29 is 5.11 Å². The maximum absolute atomic E-state index is 8.90. The molecule has 1 aliphatic rings. The Morgan fingerprint density at radius 2 is 1.94 bits per heavy atom. The second-order valence-electron chi connectivity index (χ2n) is 4.01. The van der Waals surface area contributed by atoms with Crippen LogP contribution in [0.15, 0.2) is 21.2 Å². The summed E-state index contributed by atoms with van der Waals surface area (Å²) >= 11 is 6.94. The Bertz CT molecular complexity index is 381. The zero-order chi connectivity index (χ0) is 12.3. The van der Waals surface area contributed by atoms with Gasteiger partial charge in [-0.25, -0.2) is 4.98 Å². The predicted octanol–water partition coefficient (Wildman–Crippen LogP) is 1.72. The van der Waals surface area contributed by atoms with Crippen LogP contribution in [-0.4, -0.2) is 54.3 Å². The van der Waals surface area contributed by atoms with E-state index in [2.05, 4.69) is 46.6 Å². The minimum atomic E-state index is 0.236. The fraction of sp³-hybridized carbons (Fsp3) is 0.545. The first kappa shape index (κ1) is 13.3. The maximum atomic E-state index is 8.90. The zero-order valence-corrected chi connectivity index (χ0v) is 12.6. The van der Waals surface area contributed by atoms with Crippen molar-refractivity contribution in [2.45, 2.75) is 0 Å². The number of hydrogen-bond donors (Lipinski definition) is 1. The van der Waals surface area contributed by atoms with Crippen LogP contribution >= 0.6 is 31.9 Å². The van der Waals surface area contributed by atoms with Gasteiger partial charge in [-0.05, 0) is 37.9 Å². The summed E-state index contributed by atoms with van der Waals surface area (Å²) < 4.78 is 1.99. The Kier molecular flexibility index (Phi) is 4.78. The summed E-state index contributed by atoms with van der Waals surface area (Å²) in [7, 11) is 0. The van der Waals surface area contributed by atoms with Crippen molar-refractivity contribution in [3.8, 4) is 0 Å². The van der Waals surface area contributed by atoms with Gasteiger partial charge in [-0.2, -0.15) is 0 Å². The van der Waals surface area contributed by atoms with Gasteiger partial charge < -0.3 is 10.0 Å². The first-order valence-corrected chi connectivity index (χ1v) is 7.18. The van der Waals surface area contributed by atoms with Crippen LogP contribution in [0, 0.1) is 0 Å². The Morgan fingerprint density at radius 1 is 1.24 bits per heavy atom. The molecule has 2 heterocycles. The largest absolute Gasteiger partial charge is 0.395 e. The molecule has 0 radical (unpaired) electrons. The molecule has 6 heteroatoms. The number of β-amino-alcohol motifs (C(OH)–C–C–N with tert-alkyl or cyclic N) is 1. The van der Waals surface area contributed by atoms with E-state index in [1.54, 1.807) is 0 Å². The predicted molar refractivity (Wildman–Crippen MR) is 75.4 cm³/mol. The second-order valence-corrected chi connectivity index (χ2v) is 5.78. The Labute approximate surface area is 118 Å². The molecule has 2 rings (SSSR count). The average Bonchev–Trinajstić information content (AvgIpc) is 2.31. The third-order valence-corrected chi connectivity index (χ3v) is 3.89. The van der Waals surface area contributed by atoms with Crippen LogP contribution in [0.2, 0.25) is 0 Å². The van der Waals surface area contributed by atoms with E-state index in [1.807, 2.05) is 12.3 Å². The standard InChI is InChI=1S/C11H15Br2N3O/c12-9-7-10(13)11(14-8-9)16-3-1-15(2-4-16)5-6-17/h7-8,17H,1-6H2. The molecule has 0 atom stereocenters. The quantitative estimate of drug-likeness (QED) is 0.886. The van der Waals surface area contributed by atoms with Gasteiger partial charge in [-0.3, -0.25) is 4.90 Å².